The van der Waals surface area contributed by atoms with Crippen LogP contribution in [-0.4, -0.2) is 96.0 Å². The molecular weight excluding hydrogens is 732 g/mol. The zero-order valence-electron chi connectivity index (χ0n) is 32.2. The zero-order valence-corrected chi connectivity index (χ0v) is 32.2. The fraction of sp³-hybridized carbons (Fsp3) is 0.349. The van der Waals surface area contributed by atoms with Gasteiger partial charge in [-0.05, 0) is 104 Å². The van der Waals surface area contributed by atoms with Gasteiger partial charge in [-0.25, -0.2) is 4.39 Å². The number of ketones is 2. The smallest absolute Gasteiger partial charge is 0.250 e. The number of anilines is 1. The minimum absolute atomic E-state index is 0.0245. The number of nitrogens with one attached hydrogen (secondary N) is 1. The lowest BCUT2D eigenvalue weighted by molar-refractivity contribution is -0.141. The third-order valence-electron chi connectivity index (χ3n) is 10.2. The highest BCUT2D eigenvalue weighted by atomic mass is 19.1. The number of aryl methyl sites for hydroxylation is 1. The van der Waals surface area contributed by atoms with Crippen LogP contribution < -0.4 is 27.4 Å². The Morgan fingerprint density at radius 1 is 0.912 bits per heavy atom. The molecule has 0 radical (unpaired) electrons. The molecule has 14 heteroatoms. The van der Waals surface area contributed by atoms with E-state index in [2.05, 4.69) is 5.32 Å². The van der Waals surface area contributed by atoms with E-state index in [0.29, 0.717) is 18.3 Å². The van der Waals surface area contributed by atoms with Crippen molar-refractivity contribution in [2.24, 2.45) is 17.2 Å². The second-order valence-electron chi connectivity index (χ2n) is 14.0. The number of amides is 3. The SMILES string of the molecule is C[C@@H](C(=O)N(c1ccc(C(=O)CN)cc1)[C@@](C=O)(CCCCN)C(=O)[C@H](CO)NC(=O)[C@@H](N)Cc1cccc2ccccc12)N(C)C(=O)CCc1ccc(F)cc1. The van der Waals surface area contributed by atoms with Crippen molar-refractivity contribution in [3.8, 4) is 0 Å². The highest BCUT2D eigenvalue weighted by molar-refractivity contribution is 6.17. The lowest BCUT2D eigenvalue weighted by Gasteiger charge is -2.43. The van der Waals surface area contributed by atoms with Crippen LogP contribution in [0.1, 0.15) is 54.1 Å². The molecule has 4 aromatic rings. The number of aldehydes is 1. The quantitative estimate of drug-likeness (QED) is 0.0360. The molecule has 0 saturated heterocycles. The first-order valence-electron chi connectivity index (χ1n) is 18.8. The molecule has 0 aromatic heterocycles. The fourth-order valence-electron chi connectivity index (χ4n) is 6.74. The van der Waals surface area contributed by atoms with Crippen LogP contribution >= 0.6 is 0 Å². The molecule has 4 aromatic carbocycles. The van der Waals surface area contributed by atoms with Crippen molar-refractivity contribution in [1.29, 1.82) is 0 Å². The van der Waals surface area contributed by atoms with Crippen LogP contribution in [0.4, 0.5) is 10.1 Å². The van der Waals surface area contributed by atoms with Gasteiger partial charge in [0.1, 0.15) is 17.9 Å². The largest absolute Gasteiger partial charge is 0.394 e. The second-order valence-corrected chi connectivity index (χ2v) is 14.0. The molecule has 302 valence electrons. The van der Waals surface area contributed by atoms with Crippen molar-refractivity contribution in [2.45, 2.75) is 69.1 Å². The molecule has 57 heavy (non-hydrogen) atoms. The number of fused-ring (bicyclic) bond motifs is 1. The third kappa shape index (κ3) is 10.6. The number of carbonyl (C=O) groups is 6. The van der Waals surface area contributed by atoms with Gasteiger partial charge in [0.15, 0.2) is 23.4 Å². The summed E-state index contributed by atoms with van der Waals surface area (Å²) in [5, 5.41) is 15.0. The summed E-state index contributed by atoms with van der Waals surface area (Å²) in [6, 6.07) is 20.3. The van der Waals surface area contributed by atoms with Gasteiger partial charge in [0.2, 0.25) is 11.8 Å². The maximum atomic E-state index is 14.8. The molecular formula is C43H51FN6O7. The summed E-state index contributed by atoms with van der Waals surface area (Å²) < 4.78 is 13.4. The van der Waals surface area contributed by atoms with Gasteiger partial charge in [0, 0.05) is 24.7 Å². The van der Waals surface area contributed by atoms with E-state index < -0.39 is 65.4 Å². The maximum absolute atomic E-state index is 14.8. The zero-order chi connectivity index (χ0) is 41.7. The van der Waals surface area contributed by atoms with E-state index in [1.165, 1.54) is 55.3 Å². The first-order valence-corrected chi connectivity index (χ1v) is 18.8. The first kappa shape index (κ1) is 44.0. The minimum atomic E-state index is -2.35. The Bertz CT molecular complexity index is 2040. The lowest BCUT2D eigenvalue weighted by atomic mass is 9.82. The van der Waals surface area contributed by atoms with E-state index in [1.54, 1.807) is 12.1 Å². The third-order valence-corrected chi connectivity index (χ3v) is 10.2. The molecule has 0 bridgehead atoms. The van der Waals surface area contributed by atoms with Gasteiger partial charge >= 0.3 is 0 Å². The Labute approximate surface area is 331 Å². The molecule has 0 fully saturated rings. The normalized spacial score (nSPS) is 13.8. The topological polar surface area (TPSA) is 219 Å². The fourth-order valence-corrected chi connectivity index (χ4v) is 6.74. The summed E-state index contributed by atoms with van der Waals surface area (Å²) in [7, 11) is 1.41. The minimum Gasteiger partial charge on any atom is -0.394 e. The van der Waals surface area contributed by atoms with Crippen LogP contribution in [0.5, 0.6) is 0 Å². The molecule has 0 heterocycles. The summed E-state index contributed by atoms with van der Waals surface area (Å²) in [6.45, 7) is 0.397. The van der Waals surface area contributed by atoms with E-state index in [-0.39, 0.29) is 56.4 Å². The second kappa shape index (κ2) is 20.5. The number of rotatable bonds is 21. The van der Waals surface area contributed by atoms with E-state index >= 15 is 0 Å². The lowest BCUT2D eigenvalue weighted by Crippen LogP contribution is -2.67. The van der Waals surface area contributed by atoms with Crippen molar-refractivity contribution in [1.82, 2.24) is 10.2 Å². The highest BCUT2D eigenvalue weighted by Crippen LogP contribution is 2.32. The highest BCUT2D eigenvalue weighted by Gasteiger charge is 2.51. The molecule has 4 rings (SSSR count). The molecule has 3 amide bonds. The maximum Gasteiger partial charge on any atom is 0.250 e. The molecule has 0 saturated carbocycles. The number of benzene rings is 4. The van der Waals surface area contributed by atoms with Gasteiger partial charge in [-0.3, -0.25) is 28.9 Å². The van der Waals surface area contributed by atoms with E-state index in [4.69, 9.17) is 17.2 Å². The standard InChI is InChI=1S/C43H51FN6O7/c1-28(49(2)39(54)21-14-29-12-17-33(44)18-13-29)42(57)50(34-19-15-31(16-20-34)38(53)25-46)43(27-52,22-5-6-23-45)40(55)37(26-51)48-41(56)36(47)24-32-10-7-9-30-8-3-4-11-35(30)32/h3-4,7-13,15-20,27-28,36-37,51H,5-6,14,21-26,45-47H2,1-2H3,(H,48,56)/t28-,36-,37-,43+/m0/s1. The first-order chi connectivity index (χ1) is 27.3. The van der Waals surface area contributed by atoms with Crippen LogP contribution in [0.3, 0.4) is 0 Å². The summed E-state index contributed by atoms with van der Waals surface area (Å²) >= 11 is 0. The van der Waals surface area contributed by atoms with Crippen LogP contribution in [-0.2, 0) is 36.8 Å². The van der Waals surface area contributed by atoms with Crippen molar-refractivity contribution in [3.05, 3.63) is 114 Å². The van der Waals surface area contributed by atoms with Gasteiger partial charge < -0.3 is 37.3 Å². The van der Waals surface area contributed by atoms with Gasteiger partial charge in [-0.1, -0.05) is 54.6 Å². The van der Waals surface area contributed by atoms with Crippen molar-refractivity contribution in [3.63, 3.8) is 0 Å². The molecule has 13 nitrogen and oxygen atoms in total. The number of aliphatic hydroxyl groups is 1. The monoisotopic (exact) mass is 782 g/mol. The Morgan fingerprint density at radius 3 is 2.21 bits per heavy atom. The molecule has 0 aliphatic carbocycles. The Hall–Kier alpha value is -5.67. The van der Waals surface area contributed by atoms with Gasteiger partial charge in [-0.15, -0.1) is 0 Å². The number of nitrogens with two attached hydrogens (primary N) is 3. The molecule has 0 aliphatic rings. The Kier molecular flexibility index (Phi) is 15.8. The van der Waals surface area contributed by atoms with Gasteiger partial charge in [0.25, 0.3) is 5.91 Å². The van der Waals surface area contributed by atoms with E-state index in [0.717, 1.165) is 21.2 Å². The summed E-state index contributed by atoms with van der Waals surface area (Å²) in [4.78, 5) is 84.8. The number of nitrogens with zero attached hydrogens (tertiary/aromatic N) is 2. The van der Waals surface area contributed by atoms with Crippen LogP contribution in [0, 0.1) is 5.82 Å². The number of carbonyl (C=O) groups excluding carboxylic acids is 6. The Morgan fingerprint density at radius 2 is 1.58 bits per heavy atom. The predicted molar refractivity (Wildman–Crippen MR) is 216 cm³/mol. The van der Waals surface area contributed by atoms with Crippen LogP contribution in [0.15, 0.2) is 91.0 Å². The number of halogens is 1. The predicted octanol–water partition coefficient (Wildman–Crippen LogP) is 2.62. The molecule has 4 atom stereocenters. The number of unbranched alkanes of at least 4 members (excludes halogenated alkanes) is 1. The molecule has 0 unspecified atom stereocenters. The van der Waals surface area contributed by atoms with Crippen LogP contribution in [0.25, 0.3) is 10.8 Å². The number of hydrogen-bond acceptors (Lipinski definition) is 10. The number of Topliss-reactive ketones (excluding diaryl/α,β-unsaturated/α-hetero) is 2. The molecule has 0 spiro atoms. The summed E-state index contributed by atoms with van der Waals surface area (Å²) in [5.74, 6) is -3.89. The summed E-state index contributed by atoms with van der Waals surface area (Å²) in [6.07, 6.45) is 0.844. The van der Waals surface area contributed by atoms with Crippen molar-refractivity contribution >= 4 is 52.0 Å². The van der Waals surface area contributed by atoms with E-state index in [9.17, 15) is 38.3 Å². The Balaban J connectivity index is 1.71. The summed E-state index contributed by atoms with van der Waals surface area (Å²) in [5.41, 5.74) is 17.1. The number of likely N-dealkylation sites (N-methyl/N-ethyl adjacent to an activating group) is 1. The number of hydrogen-bond donors (Lipinski definition) is 5. The average molecular weight is 783 g/mol. The van der Waals surface area contributed by atoms with Gasteiger partial charge in [0.05, 0.1) is 19.2 Å². The molecule has 8 N–H and O–H groups in total. The van der Waals surface area contributed by atoms with E-state index in [1.807, 2.05) is 42.5 Å². The van der Waals surface area contributed by atoms with Crippen molar-refractivity contribution in [2.75, 3.05) is 31.6 Å². The molecule has 0 aliphatic heterocycles. The van der Waals surface area contributed by atoms with Gasteiger partial charge in [-0.2, -0.15) is 0 Å². The van der Waals surface area contributed by atoms with Crippen molar-refractivity contribution < 1.29 is 38.3 Å². The van der Waals surface area contributed by atoms with Crippen LogP contribution in [0.2, 0.25) is 0 Å². The average Bonchev–Trinajstić information content (AvgIpc) is 3.23. The number of aliphatic hydroxyl groups excluding tert-OH is 1.